The van der Waals surface area contributed by atoms with Gasteiger partial charge in [0.05, 0.1) is 46.3 Å². The highest BCUT2D eigenvalue weighted by Gasteiger charge is 2.45. The van der Waals surface area contributed by atoms with Gasteiger partial charge in [0.15, 0.2) is 11.2 Å². The highest BCUT2D eigenvalue weighted by atomic mass is 35.5. The molecule has 0 saturated carbocycles. The third-order valence-corrected chi connectivity index (χ3v) is 8.18. The monoisotopic (exact) mass is 569 g/mol. The number of benzene rings is 4. The Morgan fingerprint density at radius 2 is 1.60 bits per heavy atom. The van der Waals surface area contributed by atoms with Crippen LogP contribution >= 0.6 is 11.6 Å². The molecule has 2 aromatic heterocycles. The first-order valence-electron chi connectivity index (χ1n) is 13.7. The lowest BCUT2D eigenvalue weighted by atomic mass is 9.95. The Hall–Kier alpha value is -5.14. The Kier molecular flexibility index (Phi) is 5.55. The molecule has 2 aliphatic heterocycles. The summed E-state index contributed by atoms with van der Waals surface area (Å²) in [6.07, 6.45) is 1.58. The van der Waals surface area contributed by atoms with Crippen molar-refractivity contribution in [1.29, 1.82) is 0 Å². The summed E-state index contributed by atoms with van der Waals surface area (Å²) in [6.45, 7) is 2.57. The lowest BCUT2D eigenvalue weighted by Crippen LogP contribution is -2.44. The van der Waals surface area contributed by atoms with Crippen LogP contribution in [-0.4, -0.2) is 15.7 Å². The number of anilines is 2. The van der Waals surface area contributed by atoms with Gasteiger partial charge in [-0.3, -0.25) is 9.69 Å². The minimum atomic E-state index is -0.536. The molecular weight excluding hydrogens is 546 g/mol. The molecule has 0 N–H and O–H groups in total. The van der Waals surface area contributed by atoms with Crippen molar-refractivity contribution in [3.63, 3.8) is 0 Å². The summed E-state index contributed by atoms with van der Waals surface area (Å²) < 4.78 is 7.94. The number of fused-ring (bicyclic) bond motifs is 5. The van der Waals surface area contributed by atoms with Gasteiger partial charge in [0, 0.05) is 10.6 Å². The second-order valence-electron chi connectivity index (χ2n) is 10.5. The molecule has 7 nitrogen and oxygen atoms in total. The van der Waals surface area contributed by atoms with Crippen molar-refractivity contribution in [3.05, 3.63) is 147 Å². The molecular formula is C34H24ClN5O2. The summed E-state index contributed by atoms with van der Waals surface area (Å²) in [7, 11) is 0. The zero-order valence-corrected chi connectivity index (χ0v) is 23.4. The number of aryl methyl sites for hydroxylation is 1. The summed E-state index contributed by atoms with van der Waals surface area (Å²) >= 11 is 6.33. The minimum absolute atomic E-state index is 0.137. The van der Waals surface area contributed by atoms with Crippen LogP contribution in [0.2, 0.25) is 5.02 Å². The molecule has 0 unspecified atom stereocenters. The summed E-state index contributed by atoms with van der Waals surface area (Å²) in [5.74, 6) is 1.41. The van der Waals surface area contributed by atoms with Crippen molar-refractivity contribution in [2.24, 2.45) is 4.99 Å². The fourth-order valence-electron chi connectivity index (χ4n) is 6.06. The van der Waals surface area contributed by atoms with E-state index >= 15 is 0 Å². The minimum Gasteiger partial charge on any atom is -0.464 e. The lowest BCUT2D eigenvalue weighted by molar-refractivity contribution is 0.585. The summed E-state index contributed by atoms with van der Waals surface area (Å²) in [4.78, 5) is 23.9. The van der Waals surface area contributed by atoms with E-state index in [0.717, 1.165) is 39.8 Å². The maximum Gasteiger partial charge on any atom is 0.213 e. The molecule has 0 fully saturated rings. The number of nitrogens with zero attached hydrogens (tertiary/aromatic N) is 5. The molecule has 1 atom stereocenters. The van der Waals surface area contributed by atoms with E-state index in [1.165, 1.54) is 0 Å². The summed E-state index contributed by atoms with van der Waals surface area (Å²) in [5, 5.41) is 5.86. The van der Waals surface area contributed by atoms with E-state index < -0.39 is 6.04 Å². The van der Waals surface area contributed by atoms with E-state index in [1.807, 2.05) is 72.3 Å². The van der Waals surface area contributed by atoms with Crippen LogP contribution in [-0.2, 0) is 6.54 Å². The highest BCUT2D eigenvalue weighted by Crippen LogP contribution is 2.50. The smallest absolute Gasteiger partial charge is 0.213 e. The lowest BCUT2D eigenvalue weighted by Gasteiger charge is -2.34. The fourth-order valence-corrected chi connectivity index (χ4v) is 6.23. The maximum absolute atomic E-state index is 14.2. The molecule has 0 bridgehead atoms. The SMILES string of the molecule is Cc1nn(-c2ccccc2)c2c1[C@@H](c1coc3ccc(Cl)cc3c1=O)N1C(=N2)N(Cc2ccccc2)c2ccccc21. The van der Waals surface area contributed by atoms with Gasteiger partial charge >= 0.3 is 0 Å². The van der Waals surface area contributed by atoms with E-state index in [2.05, 4.69) is 34.1 Å². The van der Waals surface area contributed by atoms with Crippen LogP contribution in [0.5, 0.6) is 0 Å². The first-order chi connectivity index (χ1) is 20.6. The molecule has 204 valence electrons. The van der Waals surface area contributed by atoms with Gasteiger partial charge in [0.1, 0.15) is 11.8 Å². The number of rotatable bonds is 4. The Bertz CT molecular complexity index is 2080. The number of aliphatic imine (C=N–C) groups is 1. The van der Waals surface area contributed by atoms with E-state index in [1.54, 1.807) is 24.5 Å². The Morgan fingerprint density at radius 1 is 0.881 bits per heavy atom. The van der Waals surface area contributed by atoms with Crippen LogP contribution in [0.15, 0.2) is 124 Å². The molecule has 6 aromatic rings. The number of hydrogen-bond acceptors (Lipinski definition) is 6. The number of halogens is 1. The zero-order chi connectivity index (χ0) is 28.4. The van der Waals surface area contributed by atoms with Crippen LogP contribution in [0.25, 0.3) is 16.7 Å². The summed E-state index contributed by atoms with van der Waals surface area (Å²) in [5.41, 5.74) is 6.49. The topological polar surface area (TPSA) is 66.9 Å². The van der Waals surface area contributed by atoms with Crippen molar-refractivity contribution in [2.75, 3.05) is 9.80 Å². The first kappa shape index (κ1) is 24.6. The summed E-state index contributed by atoms with van der Waals surface area (Å²) in [6, 6.07) is 33.1. The molecule has 0 spiro atoms. The molecule has 42 heavy (non-hydrogen) atoms. The molecule has 2 aliphatic rings. The molecule has 8 heteroatoms. The van der Waals surface area contributed by atoms with Crippen LogP contribution in [0.3, 0.4) is 0 Å². The number of para-hydroxylation sites is 3. The van der Waals surface area contributed by atoms with Gasteiger partial charge in [0.25, 0.3) is 0 Å². The third-order valence-electron chi connectivity index (χ3n) is 7.95. The van der Waals surface area contributed by atoms with E-state index in [-0.39, 0.29) is 5.43 Å². The molecule has 0 radical (unpaired) electrons. The molecule has 0 saturated heterocycles. The van der Waals surface area contributed by atoms with Gasteiger partial charge in [-0.05, 0) is 55.0 Å². The second-order valence-corrected chi connectivity index (χ2v) is 10.9. The molecule has 4 heterocycles. The quantitative estimate of drug-likeness (QED) is 0.219. The standard InChI is InChI=1S/C34H24ClN5O2/c1-21-30-31(26-20-42-29-17-16-23(35)18-25(29)32(26)41)39-28-15-9-8-14-27(28)38(19-22-10-4-2-5-11-22)34(39)36-33(30)40(37-21)24-12-6-3-7-13-24/h2-18,20,31H,19H2,1H3/t31-/m1/s1. The molecule has 0 amide bonds. The fraction of sp³-hybridized carbons (Fsp3) is 0.0882. The number of aromatic nitrogens is 2. The van der Waals surface area contributed by atoms with Gasteiger partial charge < -0.3 is 9.32 Å². The first-order valence-corrected chi connectivity index (χ1v) is 14.1. The third kappa shape index (κ3) is 3.71. The normalized spacial score (nSPS) is 15.4. The van der Waals surface area contributed by atoms with E-state index in [9.17, 15) is 4.79 Å². The largest absolute Gasteiger partial charge is 0.464 e. The van der Waals surface area contributed by atoms with Crippen LogP contribution in [0.1, 0.15) is 28.4 Å². The number of hydrogen-bond donors (Lipinski definition) is 0. The van der Waals surface area contributed by atoms with Crippen molar-refractivity contribution in [3.8, 4) is 5.69 Å². The molecule has 8 rings (SSSR count). The van der Waals surface area contributed by atoms with Crippen molar-refractivity contribution in [2.45, 2.75) is 19.5 Å². The van der Waals surface area contributed by atoms with Crippen LogP contribution in [0, 0.1) is 6.92 Å². The van der Waals surface area contributed by atoms with Gasteiger partial charge in [0.2, 0.25) is 5.96 Å². The van der Waals surface area contributed by atoms with Gasteiger partial charge in [-0.15, -0.1) is 0 Å². The Labute approximate surface area is 246 Å². The number of guanidine groups is 1. The Morgan fingerprint density at radius 3 is 2.38 bits per heavy atom. The predicted octanol–water partition coefficient (Wildman–Crippen LogP) is 7.56. The average Bonchev–Trinajstić information content (AvgIpc) is 3.52. The Balaban J connectivity index is 1.42. The van der Waals surface area contributed by atoms with Crippen molar-refractivity contribution in [1.82, 2.24) is 9.78 Å². The second kappa shape index (κ2) is 9.46. The average molecular weight is 570 g/mol. The highest BCUT2D eigenvalue weighted by molar-refractivity contribution is 6.31. The molecule has 4 aromatic carbocycles. The van der Waals surface area contributed by atoms with E-state index in [4.69, 9.17) is 26.1 Å². The zero-order valence-electron chi connectivity index (χ0n) is 22.6. The van der Waals surface area contributed by atoms with Gasteiger partial charge in [-0.2, -0.15) is 10.1 Å². The van der Waals surface area contributed by atoms with Crippen LogP contribution in [0.4, 0.5) is 17.2 Å². The maximum atomic E-state index is 14.2. The van der Waals surface area contributed by atoms with Gasteiger partial charge in [-0.1, -0.05) is 72.3 Å². The predicted molar refractivity (Wildman–Crippen MR) is 166 cm³/mol. The molecule has 0 aliphatic carbocycles. The van der Waals surface area contributed by atoms with Crippen LogP contribution < -0.4 is 15.2 Å². The van der Waals surface area contributed by atoms with E-state index in [0.29, 0.717) is 33.9 Å². The van der Waals surface area contributed by atoms with Crippen molar-refractivity contribution < 1.29 is 4.42 Å². The van der Waals surface area contributed by atoms with Crippen molar-refractivity contribution >= 4 is 45.7 Å². The van der Waals surface area contributed by atoms with Gasteiger partial charge in [-0.25, -0.2) is 4.68 Å².